The molecule has 0 fully saturated rings. The second-order valence-electron chi connectivity index (χ2n) is 7.63. The molecule has 4 aromatic rings. The molecule has 3 heterocycles. The number of ether oxygens (including phenoxy) is 2. The van der Waals surface area contributed by atoms with E-state index in [4.69, 9.17) is 20.9 Å². The van der Waals surface area contributed by atoms with E-state index in [-0.39, 0.29) is 50.3 Å². The second-order valence-corrected chi connectivity index (χ2v) is 9.37. The molecule has 0 saturated heterocycles. The molecule has 1 aliphatic rings. The number of aromatic nitrogens is 3. The number of phenols is 1. The van der Waals surface area contributed by atoms with Gasteiger partial charge in [0.1, 0.15) is 34.5 Å². The molecular weight excluding hydrogens is 472 g/mol. The minimum absolute atomic E-state index is 0.0607. The largest absolute Gasteiger partial charge is 0.506 e. The van der Waals surface area contributed by atoms with Crippen LogP contribution in [0.15, 0.2) is 71.1 Å². The molecule has 11 nitrogen and oxygen atoms in total. The maximum Gasteiger partial charge on any atom is 0.285 e. The lowest BCUT2D eigenvalue weighted by molar-refractivity contribution is 0.377. The number of benzene rings is 2. The third kappa shape index (κ3) is 3.29. The van der Waals surface area contributed by atoms with E-state index >= 15 is 0 Å². The number of fused-ring (bicyclic) bond motifs is 2. The Bertz CT molecular complexity index is 1670. The Kier molecular flexibility index (Phi) is 4.99. The van der Waals surface area contributed by atoms with Gasteiger partial charge in [-0.1, -0.05) is 12.1 Å². The van der Waals surface area contributed by atoms with Crippen LogP contribution in [-0.2, 0) is 10.0 Å². The molecule has 0 bridgehead atoms. The number of methoxy groups -OCH3 is 1. The van der Waals surface area contributed by atoms with E-state index in [1.165, 1.54) is 31.5 Å². The Morgan fingerprint density at radius 2 is 1.91 bits per heavy atom. The molecule has 0 radical (unpaired) electrons. The van der Waals surface area contributed by atoms with Crippen molar-refractivity contribution < 1.29 is 23.0 Å². The summed E-state index contributed by atoms with van der Waals surface area (Å²) in [6.45, 7) is 0. The smallest absolute Gasteiger partial charge is 0.285 e. The van der Waals surface area contributed by atoms with Crippen LogP contribution in [0.25, 0.3) is 10.9 Å². The maximum absolute atomic E-state index is 13.7. The van der Waals surface area contributed by atoms with E-state index in [1.807, 2.05) is 6.07 Å². The van der Waals surface area contributed by atoms with Gasteiger partial charge in [0.25, 0.3) is 10.0 Å². The highest BCUT2D eigenvalue weighted by Crippen LogP contribution is 2.46. The third-order valence-electron chi connectivity index (χ3n) is 5.73. The van der Waals surface area contributed by atoms with Gasteiger partial charge in [0.15, 0.2) is 0 Å². The monoisotopic (exact) mass is 490 g/mol. The van der Waals surface area contributed by atoms with Crippen LogP contribution in [0.3, 0.4) is 0 Å². The lowest BCUT2D eigenvalue weighted by Crippen LogP contribution is -2.21. The van der Waals surface area contributed by atoms with E-state index < -0.39 is 15.9 Å². The summed E-state index contributed by atoms with van der Waals surface area (Å²) >= 11 is 0. The van der Waals surface area contributed by atoms with Crippen LogP contribution in [0.2, 0.25) is 0 Å². The quantitative estimate of drug-likeness (QED) is 0.384. The zero-order valence-corrected chi connectivity index (χ0v) is 19.0. The number of phenolic OH excluding ortho intramolecular Hbond substituents is 1. The maximum atomic E-state index is 13.7. The topological polar surface area (TPSA) is 179 Å². The first-order valence-electron chi connectivity index (χ1n) is 10.2. The molecule has 2 aromatic carbocycles. The number of pyridine rings is 1. The number of rotatable bonds is 4. The predicted octanol–water partition coefficient (Wildman–Crippen LogP) is 2.18. The van der Waals surface area contributed by atoms with Crippen molar-refractivity contribution in [1.82, 2.24) is 14.2 Å². The number of aromatic hydroxyl groups is 1. The molecule has 35 heavy (non-hydrogen) atoms. The Morgan fingerprint density at radius 1 is 1.17 bits per heavy atom. The van der Waals surface area contributed by atoms with Crippen molar-refractivity contribution in [2.45, 2.75) is 10.8 Å². The summed E-state index contributed by atoms with van der Waals surface area (Å²) in [7, 11) is -2.85. The molecule has 1 aliphatic heterocycles. The molecular formula is C23H18N6O5S. The molecule has 1 atom stereocenters. The van der Waals surface area contributed by atoms with E-state index in [0.29, 0.717) is 15.4 Å². The SMILES string of the molecule is COc1ccc([C@H]2C(C#N)=C(N)Oc3nn(S(=O)(=O)c4ccc(O)c5ncccc45)c(N)c32)cc1. The summed E-state index contributed by atoms with van der Waals surface area (Å²) in [5.41, 5.74) is 13.3. The first-order valence-corrected chi connectivity index (χ1v) is 11.6. The highest BCUT2D eigenvalue weighted by Gasteiger charge is 2.38. The fourth-order valence-electron chi connectivity index (χ4n) is 4.08. The second kappa shape index (κ2) is 7.93. The van der Waals surface area contributed by atoms with Crippen LogP contribution in [0, 0.1) is 11.3 Å². The minimum Gasteiger partial charge on any atom is -0.506 e. The Labute approximate surface area is 199 Å². The van der Waals surface area contributed by atoms with Gasteiger partial charge >= 0.3 is 0 Å². The number of nitrogen functional groups attached to an aromatic ring is 1. The summed E-state index contributed by atoms with van der Waals surface area (Å²) < 4.78 is 38.7. The van der Waals surface area contributed by atoms with Gasteiger partial charge in [-0.25, -0.2) is 0 Å². The molecule has 5 rings (SSSR count). The number of nitriles is 1. The minimum atomic E-state index is -4.38. The molecule has 5 N–H and O–H groups in total. The van der Waals surface area contributed by atoms with E-state index in [2.05, 4.69) is 10.1 Å². The van der Waals surface area contributed by atoms with Crippen molar-refractivity contribution in [3.63, 3.8) is 0 Å². The summed E-state index contributed by atoms with van der Waals surface area (Å²) in [6, 6.07) is 14.4. The van der Waals surface area contributed by atoms with Gasteiger partial charge in [-0.15, -0.1) is 9.19 Å². The number of allylic oxidation sites excluding steroid dienone is 1. The van der Waals surface area contributed by atoms with Crippen LogP contribution in [0.5, 0.6) is 17.4 Å². The van der Waals surface area contributed by atoms with Crippen molar-refractivity contribution in [1.29, 1.82) is 5.26 Å². The molecule has 0 saturated carbocycles. The standard InChI is InChI=1S/C23H18N6O5S/c1-33-13-6-4-12(5-7-13)18-15(11-24)22(26)34-23-19(18)21(25)29(28-23)35(31,32)17-9-8-16(30)20-14(17)3-2-10-27-20/h2-10,18,30H,25-26H2,1H3/t18-/m0/s1. The van der Waals surface area contributed by atoms with Crippen LogP contribution >= 0.6 is 0 Å². The highest BCUT2D eigenvalue weighted by atomic mass is 32.2. The molecule has 0 aliphatic carbocycles. The van der Waals surface area contributed by atoms with Crippen LogP contribution in [0.1, 0.15) is 17.0 Å². The van der Waals surface area contributed by atoms with Crippen LogP contribution in [-0.4, -0.2) is 34.8 Å². The zero-order valence-electron chi connectivity index (χ0n) is 18.2. The number of nitrogens with zero attached hydrogens (tertiary/aromatic N) is 4. The van der Waals surface area contributed by atoms with Gasteiger partial charge in [0.2, 0.25) is 11.8 Å². The van der Waals surface area contributed by atoms with Gasteiger partial charge < -0.3 is 26.0 Å². The molecule has 2 aromatic heterocycles. The molecule has 0 amide bonds. The summed E-state index contributed by atoms with van der Waals surface area (Å²) in [5, 5.41) is 24.2. The van der Waals surface area contributed by atoms with E-state index in [0.717, 1.165) is 0 Å². The first kappa shape index (κ1) is 22.1. The fraction of sp³-hybridized carbons (Fsp3) is 0.0870. The number of anilines is 1. The van der Waals surface area contributed by atoms with Crippen molar-refractivity contribution >= 4 is 26.7 Å². The third-order valence-corrected chi connectivity index (χ3v) is 7.37. The molecule has 0 unspecified atom stereocenters. The van der Waals surface area contributed by atoms with Gasteiger partial charge in [0.05, 0.1) is 23.5 Å². The van der Waals surface area contributed by atoms with Crippen molar-refractivity contribution in [3.8, 4) is 23.4 Å². The molecule has 0 spiro atoms. The van der Waals surface area contributed by atoms with E-state index in [1.54, 1.807) is 30.3 Å². The van der Waals surface area contributed by atoms with Gasteiger partial charge in [-0.2, -0.15) is 13.7 Å². The first-order chi connectivity index (χ1) is 16.8. The fourth-order valence-corrected chi connectivity index (χ4v) is 5.49. The zero-order chi connectivity index (χ0) is 24.9. The van der Waals surface area contributed by atoms with Gasteiger partial charge in [-0.3, -0.25) is 4.98 Å². The lowest BCUT2D eigenvalue weighted by Gasteiger charge is -2.23. The predicted molar refractivity (Wildman–Crippen MR) is 125 cm³/mol. The number of hydrogen-bond donors (Lipinski definition) is 3. The summed E-state index contributed by atoms with van der Waals surface area (Å²) in [6.07, 6.45) is 1.44. The summed E-state index contributed by atoms with van der Waals surface area (Å²) in [5.74, 6) is -0.990. The Hall–Kier alpha value is -4.76. The number of nitrogens with two attached hydrogens (primary N) is 2. The molecule has 176 valence electrons. The normalized spacial score (nSPS) is 15.4. The highest BCUT2D eigenvalue weighted by molar-refractivity contribution is 7.90. The van der Waals surface area contributed by atoms with Crippen molar-refractivity contribution in [2.75, 3.05) is 12.8 Å². The van der Waals surface area contributed by atoms with E-state index in [9.17, 15) is 18.8 Å². The summed E-state index contributed by atoms with van der Waals surface area (Å²) in [4.78, 5) is 3.89. The Morgan fingerprint density at radius 3 is 2.60 bits per heavy atom. The van der Waals surface area contributed by atoms with Gasteiger partial charge in [0, 0.05) is 11.6 Å². The average Bonchev–Trinajstić information content (AvgIpc) is 3.20. The van der Waals surface area contributed by atoms with Crippen molar-refractivity contribution in [3.05, 3.63) is 77.3 Å². The average molecular weight is 491 g/mol. The van der Waals surface area contributed by atoms with Crippen LogP contribution < -0.4 is 20.9 Å². The Balaban J connectivity index is 1.72. The van der Waals surface area contributed by atoms with Crippen molar-refractivity contribution in [2.24, 2.45) is 5.73 Å². The van der Waals surface area contributed by atoms with Gasteiger partial charge in [-0.05, 0) is 42.0 Å². The lowest BCUT2D eigenvalue weighted by atomic mass is 9.85. The number of hydrogen-bond acceptors (Lipinski definition) is 10. The van der Waals surface area contributed by atoms with Crippen LogP contribution in [0.4, 0.5) is 5.82 Å². The molecule has 12 heteroatoms.